The summed E-state index contributed by atoms with van der Waals surface area (Å²) >= 11 is 0. The van der Waals surface area contributed by atoms with Crippen molar-refractivity contribution in [3.63, 3.8) is 0 Å². The van der Waals surface area contributed by atoms with Gasteiger partial charge in [0, 0.05) is 12.1 Å². The van der Waals surface area contributed by atoms with Crippen LogP contribution in [0.3, 0.4) is 0 Å². The van der Waals surface area contributed by atoms with Gasteiger partial charge < -0.3 is 15.4 Å². The second kappa shape index (κ2) is 7.35. The number of hydrogen-bond donors (Lipinski definition) is 1. The summed E-state index contributed by atoms with van der Waals surface area (Å²) in [7, 11) is 0. The van der Waals surface area contributed by atoms with E-state index < -0.39 is 0 Å². The van der Waals surface area contributed by atoms with E-state index in [1.54, 1.807) is 0 Å². The van der Waals surface area contributed by atoms with Gasteiger partial charge in [0.15, 0.2) is 6.10 Å². The molecule has 2 rings (SSSR count). The van der Waals surface area contributed by atoms with Crippen LogP contribution in [0, 0.1) is 5.92 Å². The van der Waals surface area contributed by atoms with Gasteiger partial charge in [0.05, 0.1) is 5.69 Å². The summed E-state index contributed by atoms with van der Waals surface area (Å²) in [4.78, 5) is 14.5. The fourth-order valence-corrected chi connectivity index (χ4v) is 3.37. The average Bonchev–Trinajstić information content (AvgIpc) is 2.54. The number of anilines is 1. The van der Waals surface area contributed by atoms with Crippen molar-refractivity contribution in [2.75, 3.05) is 4.90 Å². The Kier molecular flexibility index (Phi) is 5.69. The molecule has 0 aromatic heterocycles. The SMILES string of the molecule is CCC1Oc2ccc(C(N)C(CC)CC)cc2N(C(C)C)C1=O. The molecule has 2 unspecified atom stereocenters. The number of benzene rings is 1. The van der Waals surface area contributed by atoms with Crippen LogP contribution in [0.4, 0.5) is 5.69 Å². The zero-order valence-corrected chi connectivity index (χ0v) is 15.0. The van der Waals surface area contributed by atoms with E-state index >= 15 is 0 Å². The second-order valence-electron chi connectivity index (χ2n) is 6.65. The lowest BCUT2D eigenvalue weighted by atomic mass is 9.89. The molecule has 2 atom stereocenters. The quantitative estimate of drug-likeness (QED) is 0.861. The average molecular weight is 318 g/mol. The number of rotatable bonds is 6. The van der Waals surface area contributed by atoms with Gasteiger partial charge in [-0.3, -0.25) is 4.79 Å². The molecule has 1 aromatic rings. The van der Waals surface area contributed by atoms with Crippen molar-refractivity contribution < 1.29 is 9.53 Å². The minimum absolute atomic E-state index is 0.0108. The number of carbonyl (C=O) groups excluding carboxylic acids is 1. The fraction of sp³-hybridized carbons (Fsp3) is 0.632. The molecule has 0 saturated heterocycles. The van der Waals surface area contributed by atoms with Crippen LogP contribution in [-0.4, -0.2) is 18.1 Å². The van der Waals surface area contributed by atoms with Crippen LogP contribution >= 0.6 is 0 Å². The van der Waals surface area contributed by atoms with Crippen molar-refractivity contribution >= 4 is 11.6 Å². The van der Waals surface area contributed by atoms with Crippen LogP contribution in [0.1, 0.15) is 65.5 Å². The van der Waals surface area contributed by atoms with E-state index in [1.165, 1.54) is 0 Å². The number of nitrogens with two attached hydrogens (primary N) is 1. The highest BCUT2D eigenvalue weighted by molar-refractivity contribution is 6.00. The smallest absolute Gasteiger partial charge is 0.268 e. The van der Waals surface area contributed by atoms with E-state index in [1.807, 2.05) is 43.9 Å². The van der Waals surface area contributed by atoms with Crippen molar-refractivity contribution in [2.45, 2.75) is 72.1 Å². The van der Waals surface area contributed by atoms with Gasteiger partial charge in [-0.1, -0.05) is 39.7 Å². The minimum atomic E-state index is -0.386. The first-order valence-electron chi connectivity index (χ1n) is 8.83. The van der Waals surface area contributed by atoms with Gasteiger partial charge in [-0.05, 0) is 43.9 Å². The van der Waals surface area contributed by atoms with E-state index in [4.69, 9.17) is 10.5 Å². The Balaban J connectivity index is 2.43. The molecule has 0 radical (unpaired) electrons. The van der Waals surface area contributed by atoms with Crippen LogP contribution in [0.25, 0.3) is 0 Å². The number of carbonyl (C=O) groups is 1. The first kappa shape index (κ1) is 17.8. The van der Waals surface area contributed by atoms with Crippen molar-refractivity contribution in [3.8, 4) is 5.75 Å². The number of amides is 1. The summed E-state index contributed by atoms with van der Waals surface area (Å²) in [5.74, 6) is 1.28. The van der Waals surface area contributed by atoms with Gasteiger partial charge in [-0.15, -0.1) is 0 Å². The molecular formula is C19H30N2O2. The van der Waals surface area contributed by atoms with Crippen molar-refractivity contribution in [2.24, 2.45) is 11.7 Å². The summed E-state index contributed by atoms with van der Waals surface area (Å²) in [6.07, 6.45) is 2.39. The van der Waals surface area contributed by atoms with E-state index in [-0.39, 0.29) is 24.1 Å². The Labute approximate surface area is 140 Å². The van der Waals surface area contributed by atoms with Gasteiger partial charge in [0.25, 0.3) is 5.91 Å². The lowest BCUT2D eigenvalue weighted by Crippen LogP contribution is -2.48. The van der Waals surface area contributed by atoms with Crippen molar-refractivity contribution in [1.82, 2.24) is 0 Å². The molecule has 1 aliphatic heterocycles. The zero-order chi connectivity index (χ0) is 17.1. The lowest BCUT2D eigenvalue weighted by molar-refractivity contribution is -0.126. The van der Waals surface area contributed by atoms with Crippen LogP contribution in [0.2, 0.25) is 0 Å². The predicted molar refractivity (Wildman–Crippen MR) is 94.8 cm³/mol. The molecule has 23 heavy (non-hydrogen) atoms. The Hall–Kier alpha value is -1.55. The zero-order valence-electron chi connectivity index (χ0n) is 15.0. The summed E-state index contributed by atoms with van der Waals surface area (Å²) in [6.45, 7) is 10.4. The van der Waals surface area contributed by atoms with Gasteiger partial charge >= 0.3 is 0 Å². The van der Waals surface area contributed by atoms with Crippen LogP contribution in [0.15, 0.2) is 18.2 Å². The minimum Gasteiger partial charge on any atom is -0.478 e. The molecule has 128 valence electrons. The fourth-order valence-electron chi connectivity index (χ4n) is 3.37. The number of nitrogens with zero attached hydrogens (tertiary/aromatic N) is 1. The Morgan fingerprint density at radius 2 is 1.87 bits per heavy atom. The molecule has 1 amide bonds. The van der Waals surface area contributed by atoms with Gasteiger partial charge in [0.2, 0.25) is 0 Å². The topological polar surface area (TPSA) is 55.6 Å². The molecule has 0 bridgehead atoms. The first-order chi connectivity index (χ1) is 10.9. The third kappa shape index (κ3) is 3.37. The highest BCUT2D eigenvalue weighted by atomic mass is 16.5. The Morgan fingerprint density at radius 1 is 1.22 bits per heavy atom. The Morgan fingerprint density at radius 3 is 2.39 bits per heavy atom. The molecule has 4 nitrogen and oxygen atoms in total. The van der Waals surface area contributed by atoms with Gasteiger partial charge in [-0.25, -0.2) is 0 Å². The van der Waals surface area contributed by atoms with E-state index in [0.717, 1.165) is 29.8 Å². The molecule has 0 saturated carbocycles. The summed E-state index contributed by atoms with van der Waals surface area (Å²) < 4.78 is 5.89. The normalized spacial score (nSPS) is 19.0. The van der Waals surface area contributed by atoms with E-state index in [0.29, 0.717) is 12.3 Å². The largest absolute Gasteiger partial charge is 0.478 e. The Bertz CT molecular complexity index is 552. The van der Waals surface area contributed by atoms with Crippen LogP contribution < -0.4 is 15.4 Å². The predicted octanol–water partition coefficient (Wildman–Crippen LogP) is 4.04. The molecule has 4 heteroatoms. The van der Waals surface area contributed by atoms with E-state index in [2.05, 4.69) is 13.8 Å². The van der Waals surface area contributed by atoms with Crippen LogP contribution in [0.5, 0.6) is 5.75 Å². The lowest BCUT2D eigenvalue weighted by Gasteiger charge is -2.37. The van der Waals surface area contributed by atoms with Gasteiger partial charge in [0.1, 0.15) is 5.75 Å². The molecule has 0 aliphatic carbocycles. The number of fused-ring (bicyclic) bond motifs is 1. The number of hydrogen-bond acceptors (Lipinski definition) is 3. The maximum atomic E-state index is 12.7. The molecule has 1 aliphatic rings. The molecule has 0 spiro atoms. The molecular weight excluding hydrogens is 288 g/mol. The second-order valence-corrected chi connectivity index (χ2v) is 6.65. The summed E-state index contributed by atoms with van der Waals surface area (Å²) in [5, 5.41) is 0. The van der Waals surface area contributed by atoms with Gasteiger partial charge in [-0.2, -0.15) is 0 Å². The third-order valence-electron chi connectivity index (χ3n) is 4.85. The number of ether oxygens (including phenoxy) is 1. The highest BCUT2D eigenvalue weighted by Crippen LogP contribution is 2.39. The molecule has 0 fully saturated rings. The first-order valence-corrected chi connectivity index (χ1v) is 8.83. The summed E-state index contributed by atoms with van der Waals surface area (Å²) in [6, 6.07) is 6.14. The molecule has 1 heterocycles. The van der Waals surface area contributed by atoms with Crippen LogP contribution in [-0.2, 0) is 4.79 Å². The molecule has 2 N–H and O–H groups in total. The van der Waals surface area contributed by atoms with Crippen molar-refractivity contribution in [3.05, 3.63) is 23.8 Å². The van der Waals surface area contributed by atoms with E-state index in [9.17, 15) is 4.79 Å². The summed E-state index contributed by atoms with van der Waals surface area (Å²) in [5.41, 5.74) is 8.39. The maximum absolute atomic E-state index is 12.7. The molecule has 1 aromatic carbocycles. The standard InChI is InChI=1S/C19H30N2O2/c1-6-13(7-2)18(20)14-9-10-17-15(11-14)21(12(4)5)19(22)16(8-3)23-17/h9-13,16,18H,6-8,20H2,1-5H3. The van der Waals surface area contributed by atoms with Crippen molar-refractivity contribution in [1.29, 1.82) is 0 Å². The monoisotopic (exact) mass is 318 g/mol. The third-order valence-corrected chi connectivity index (χ3v) is 4.85. The highest BCUT2D eigenvalue weighted by Gasteiger charge is 2.35. The maximum Gasteiger partial charge on any atom is 0.268 e.